The number of rotatable bonds is 7. The molecule has 1 aliphatic rings. The number of aliphatic hydroxyl groups excluding tert-OH is 1. The monoisotopic (exact) mass is 555 g/mol. The Labute approximate surface area is 235 Å². The minimum atomic E-state index is -1.24. The summed E-state index contributed by atoms with van der Waals surface area (Å²) in [6.07, 6.45) is 3.21. The van der Waals surface area contributed by atoms with Crippen LogP contribution in [0, 0.1) is 13.8 Å². The Bertz CT molecular complexity index is 1800. The molecule has 0 aliphatic carbocycles. The maximum Gasteiger partial charge on any atom is 0.250 e. The molecule has 1 aromatic carbocycles. The number of halogens is 1. The molecule has 11 heteroatoms. The molecule has 0 spiro atoms. The first-order valence-electron chi connectivity index (χ1n) is 13.5. The van der Waals surface area contributed by atoms with E-state index in [1.54, 1.807) is 27.5 Å². The zero-order chi connectivity index (χ0) is 28.8. The number of aromatic nitrogens is 5. The van der Waals surface area contributed by atoms with Crippen LogP contribution in [-0.4, -0.2) is 70.8 Å². The van der Waals surface area contributed by atoms with Crippen molar-refractivity contribution < 1.29 is 19.1 Å². The van der Waals surface area contributed by atoms with Crippen molar-refractivity contribution in [2.75, 3.05) is 6.54 Å². The molecule has 210 valence electrons. The number of carbonyl (C=O) groups is 2. The van der Waals surface area contributed by atoms with E-state index in [0.717, 1.165) is 28.2 Å². The Hall–Kier alpha value is -4.64. The van der Waals surface area contributed by atoms with Gasteiger partial charge in [-0.05, 0) is 43.7 Å². The van der Waals surface area contributed by atoms with Gasteiger partial charge in [-0.1, -0.05) is 12.1 Å². The summed E-state index contributed by atoms with van der Waals surface area (Å²) in [5.74, 6) is -0.981. The number of fused-ring (bicyclic) bond motifs is 2. The van der Waals surface area contributed by atoms with Gasteiger partial charge >= 0.3 is 0 Å². The molecule has 10 nitrogen and oxygen atoms in total. The maximum absolute atomic E-state index is 14.6. The molecular formula is C30H30FN7O3. The van der Waals surface area contributed by atoms with Gasteiger partial charge in [0.2, 0.25) is 5.91 Å². The fourth-order valence-electron chi connectivity index (χ4n) is 5.71. The molecule has 2 amide bonds. The third kappa shape index (κ3) is 5.16. The molecular weight excluding hydrogens is 525 g/mol. The summed E-state index contributed by atoms with van der Waals surface area (Å²) in [6, 6.07) is 12.2. The molecule has 0 bridgehead atoms. The molecule has 0 radical (unpaired) electrons. The number of likely N-dealkylation sites (tertiary alicyclic amines) is 1. The van der Waals surface area contributed by atoms with Crippen molar-refractivity contribution >= 4 is 28.4 Å². The van der Waals surface area contributed by atoms with Gasteiger partial charge in [0.05, 0.1) is 29.9 Å². The second-order valence-electron chi connectivity index (χ2n) is 10.7. The first kappa shape index (κ1) is 26.6. The van der Waals surface area contributed by atoms with Gasteiger partial charge in [-0.2, -0.15) is 5.10 Å². The van der Waals surface area contributed by atoms with Crippen molar-refractivity contribution in [2.45, 2.75) is 51.6 Å². The lowest BCUT2D eigenvalue weighted by atomic mass is 10.0. The summed E-state index contributed by atoms with van der Waals surface area (Å²) in [7, 11) is 0. The summed E-state index contributed by atoms with van der Waals surface area (Å²) in [5.41, 5.74) is 11.3. The van der Waals surface area contributed by atoms with E-state index in [0.29, 0.717) is 16.6 Å². The van der Waals surface area contributed by atoms with Crippen molar-refractivity contribution in [2.24, 2.45) is 5.73 Å². The smallest absolute Gasteiger partial charge is 0.250 e. The Balaban J connectivity index is 1.27. The number of aryl methyl sites for hydroxylation is 2. The van der Waals surface area contributed by atoms with Gasteiger partial charge in [0.25, 0.3) is 5.91 Å². The van der Waals surface area contributed by atoms with E-state index in [1.807, 2.05) is 56.4 Å². The number of hydrogen-bond acceptors (Lipinski definition) is 6. The number of hydrogen-bond donors (Lipinski definition) is 2. The number of primary amides is 1. The second-order valence-corrected chi connectivity index (χ2v) is 10.7. The lowest BCUT2D eigenvalue weighted by molar-refractivity contribution is -0.134. The minimum Gasteiger partial charge on any atom is -0.391 e. The van der Waals surface area contributed by atoms with Crippen LogP contribution in [0.2, 0.25) is 0 Å². The lowest BCUT2D eigenvalue weighted by Gasteiger charge is -2.28. The average Bonchev–Trinajstić information content (AvgIpc) is 3.62. The predicted molar refractivity (Wildman–Crippen MR) is 151 cm³/mol. The summed E-state index contributed by atoms with van der Waals surface area (Å²) in [5, 5.41) is 16.0. The molecule has 5 heterocycles. The number of amides is 2. The van der Waals surface area contributed by atoms with Crippen molar-refractivity contribution in [3.05, 3.63) is 83.7 Å². The average molecular weight is 556 g/mol. The number of pyridine rings is 1. The molecule has 4 aromatic heterocycles. The third-order valence-electron chi connectivity index (χ3n) is 7.64. The van der Waals surface area contributed by atoms with E-state index in [9.17, 15) is 19.1 Å². The van der Waals surface area contributed by atoms with Gasteiger partial charge in [0.1, 0.15) is 12.7 Å². The zero-order valence-corrected chi connectivity index (χ0v) is 22.7. The van der Waals surface area contributed by atoms with Crippen LogP contribution in [0.3, 0.4) is 0 Å². The van der Waals surface area contributed by atoms with Gasteiger partial charge < -0.3 is 20.3 Å². The first-order chi connectivity index (χ1) is 19.7. The van der Waals surface area contributed by atoms with Crippen molar-refractivity contribution in [3.63, 3.8) is 0 Å². The SMILES string of the molecule is Cc1cccc(C[C@@H](O)[C@H]2C[C@@H](F)CN2C(=O)Cn2cc(C(N)=O)c3cc(-c4cnc5cc(C)nn5c4)ccc32)n1. The van der Waals surface area contributed by atoms with Crippen molar-refractivity contribution in [1.82, 2.24) is 29.0 Å². The molecule has 3 atom stereocenters. The molecule has 0 unspecified atom stereocenters. The molecule has 5 aromatic rings. The Morgan fingerprint density at radius 3 is 2.73 bits per heavy atom. The van der Waals surface area contributed by atoms with Crippen LogP contribution in [0.5, 0.6) is 0 Å². The highest BCUT2D eigenvalue weighted by Crippen LogP contribution is 2.30. The number of carbonyl (C=O) groups excluding carboxylic acids is 2. The van der Waals surface area contributed by atoms with Crippen LogP contribution in [0.15, 0.2) is 61.1 Å². The first-order valence-corrected chi connectivity index (χ1v) is 13.5. The molecule has 6 rings (SSSR count). The number of nitrogens with zero attached hydrogens (tertiary/aromatic N) is 6. The van der Waals surface area contributed by atoms with Crippen LogP contribution < -0.4 is 5.73 Å². The van der Waals surface area contributed by atoms with Gasteiger partial charge in [0, 0.05) is 65.4 Å². The van der Waals surface area contributed by atoms with Crippen LogP contribution >= 0.6 is 0 Å². The molecule has 1 saturated heterocycles. The fourth-order valence-corrected chi connectivity index (χ4v) is 5.71. The van der Waals surface area contributed by atoms with Crippen LogP contribution in [0.1, 0.15) is 33.9 Å². The van der Waals surface area contributed by atoms with E-state index in [4.69, 9.17) is 5.73 Å². The van der Waals surface area contributed by atoms with Crippen molar-refractivity contribution in [1.29, 1.82) is 0 Å². The number of nitrogens with two attached hydrogens (primary N) is 1. The summed E-state index contributed by atoms with van der Waals surface area (Å²) >= 11 is 0. The molecule has 1 aliphatic heterocycles. The second kappa shape index (κ2) is 10.4. The Morgan fingerprint density at radius 1 is 1.12 bits per heavy atom. The Kier molecular flexibility index (Phi) is 6.74. The quantitative estimate of drug-likeness (QED) is 0.317. The minimum absolute atomic E-state index is 0.0508. The van der Waals surface area contributed by atoms with Gasteiger partial charge in [-0.3, -0.25) is 14.6 Å². The van der Waals surface area contributed by atoms with E-state index >= 15 is 0 Å². The van der Waals surface area contributed by atoms with E-state index in [-0.39, 0.29) is 37.4 Å². The van der Waals surface area contributed by atoms with E-state index < -0.39 is 24.2 Å². The standard InChI is InChI=1S/C30H30FN7O3/c1-17-4-3-5-22(34-17)11-27(39)26-10-21(31)14-37(26)29(40)16-36-15-24(30(32)41)23-9-19(6-7-25(23)36)20-12-33-28-8-18(2)35-38(28)13-20/h3-9,12-13,15,21,26-27,39H,10-11,14,16H2,1-2H3,(H2,32,41)/t21-,26-,27-/m1/s1. The number of alkyl halides is 1. The Morgan fingerprint density at radius 2 is 1.95 bits per heavy atom. The number of aliphatic hydroxyl groups is 1. The van der Waals surface area contributed by atoms with Crippen LogP contribution in [0.25, 0.3) is 27.7 Å². The molecule has 41 heavy (non-hydrogen) atoms. The molecule has 3 N–H and O–H groups in total. The predicted octanol–water partition coefficient (Wildman–Crippen LogP) is 3.00. The van der Waals surface area contributed by atoms with Crippen LogP contribution in [0.4, 0.5) is 4.39 Å². The largest absolute Gasteiger partial charge is 0.391 e. The van der Waals surface area contributed by atoms with Gasteiger partial charge in [-0.15, -0.1) is 0 Å². The van der Waals surface area contributed by atoms with Crippen molar-refractivity contribution in [3.8, 4) is 11.1 Å². The van der Waals surface area contributed by atoms with Gasteiger partial charge in [0.15, 0.2) is 5.65 Å². The molecule has 1 fully saturated rings. The van der Waals surface area contributed by atoms with E-state index in [2.05, 4.69) is 15.1 Å². The fraction of sp³-hybridized carbons (Fsp3) is 0.300. The highest BCUT2D eigenvalue weighted by molar-refractivity contribution is 6.07. The van der Waals surface area contributed by atoms with E-state index in [1.165, 1.54) is 4.90 Å². The lowest BCUT2D eigenvalue weighted by Crippen LogP contribution is -2.45. The maximum atomic E-state index is 14.6. The van der Waals surface area contributed by atoms with Gasteiger partial charge in [-0.25, -0.2) is 13.9 Å². The van der Waals surface area contributed by atoms with Crippen LogP contribution in [-0.2, 0) is 17.8 Å². The summed E-state index contributed by atoms with van der Waals surface area (Å²) < 4.78 is 17.9. The molecule has 0 saturated carbocycles. The highest BCUT2D eigenvalue weighted by Gasteiger charge is 2.39. The number of benzene rings is 1. The summed E-state index contributed by atoms with van der Waals surface area (Å²) in [6.45, 7) is 3.51. The highest BCUT2D eigenvalue weighted by atomic mass is 19.1. The third-order valence-corrected chi connectivity index (χ3v) is 7.64. The normalized spacial score (nSPS) is 17.9. The summed E-state index contributed by atoms with van der Waals surface area (Å²) in [4.78, 5) is 36.2. The zero-order valence-electron chi connectivity index (χ0n) is 22.7. The topological polar surface area (TPSA) is 132 Å².